The van der Waals surface area contributed by atoms with Crippen molar-refractivity contribution in [2.24, 2.45) is 10.9 Å². The molecule has 1 aromatic carbocycles. The molecule has 1 aromatic heterocycles. The number of aliphatic imine (C=N–C) groups is 1. The third kappa shape index (κ3) is 3.69. The van der Waals surface area contributed by atoms with Crippen molar-refractivity contribution >= 4 is 34.5 Å². The van der Waals surface area contributed by atoms with Crippen molar-refractivity contribution in [3.05, 3.63) is 47.5 Å². The van der Waals surface area contributed by atoms with Crippen LogP contribution in [0, 0.1) is 11.7 Å². The van der Waals surface area contributed by atoms with E-state index in [1.807, 2.05) is 6.21 Å². The summed E-state index contributed by atoms with van der Waals surface area (Å²) >= 11 is 0. The van der Waals surface area contributed by atoms with Gasteiger partial charge in [-0.05, 0) is 31.0 Å². The van der Waals surface area contributed by atoms with Crippen molar-refractivity contribution in [2.45, 2.75) is 30.6 Å². The minimum Gasteiger partial charge on any atom is -0.341 e. The maximum atomic E-state index is 13.6. The first kappa shape index (κ1) is 18.4. The Hall–Kier alpha value is -2.61. The number of aromatic nitrogens is 2. The molecule has 0 saturated carbocycles. The summed E-state index contributed by atoms with van der Waals surface area (Å²) in [5, 5.41) is 3.17. The Labute approximate surface area is 171 Å². The third-order valence-corrected chi connectivity index (χ3v) is 7.09. The van der Waals surface area contributed by atoms with Crippen LogP contribution in [0.15, 0.2) is 45.9 Å². The average Bonchev–Trinajstić information content (AvgIpc) is 3.39. The lowest BCUT2D eigenvalue weighted by Crippen LogP contribution is -2.35. The van der Waals surface area contributed by atoms with Crippen LogP contribution >= 0.6 is 0 Å². The summed E-state index contributed by atoms with van der Waals surface area (Å²) in [6.45, 7) is 1.72. The van der Waals surface area contributed by atoms with Crippen LogP contribution in [-0.2, 0) is 17.2 Å². The summed E-state index contributed by atoms with van der Waals surface area (Å²) in [5.74, 6) is 1.91. The molecule has 1 saturated heterocycles. The molecule has 0 bridgehead atoms. The van der Waals surface area contributed by atoms with Crippen LogP contribution in [0.3, 0.4) is 0 Å². The van der Waals surface area contributed by atoms with E-state index in [0.717, 1.165) is 38.0 Å². The standard InChI is InChI=1S/C21H22FN5OS/c22-15-3-1-4-16(13-15)24-20-19-18(8-12-29(19)28)25-21(26-20)27-10-6-14(7-11-27)17-5-2-9-23-17/h1,3-5,9,13-14H,2,6-8,10-12H2,(H,24,25,26). The maximum Gasteiger partial charge on any atom is 0.227 e. The van der Waals surface area contributed by atoms with Gasteiger partial charge in [0.1, 0.15) is 10.7 Å². The predicted molar refractivity (Wildman–Crippen MR) is 113 cm³/mol. The monoisotopic (exact) mass is 411 g/mol. The summed E-state index contributed by atoms with van der Waals surface area (Å²) in [5.41, 5.74) is 2.63. The van der Waals surface area contributed by atoms with E-state index in [2.05, 4.69) is 21.3 Å². The van der Waals surface area contributed by atoms with Crippen molar-refractivity contribution < 1.29 is 8.60 Å². The molecule has 1 fully saturated rings. The molecule has 150 valence electrons. The van der Waals surface area contributed by atoms with Crippen LogP contribution in [0.5, 0.6) is 0 Å². The van der Waals surface area contributed by atoms with Gasteiger partial charge in [-0.3, -0.25) is 9.20 Å². The van der Waals surface area contributed by atoms with Crippen molar-refractivity contribution in [2.75, 3.05) is 29.1 Å². The Morgan fingerprint density at radius 1 is 1.21 bits per heavy atom. The van der Waals surface area contributed by atoms with Crippen LogP contribution in [0.4, 0.5) is 21.8 Å². The summed E-state index contributed by atoms with van der Waals surface area (Å²) in [6.07, 6.45) is 7.83. The van der Waals surface area contributed by atoms with Gasteiger partial charge in [-0.2, -0.15) is 4.98 Å². The second kappa shape index (κ2) is 7.67. The molecule has 29 heavy (non-hydrogen) atoms. The van der Waals surface area contributed by atoms with Crippen LogP contribution in [0.25, 0.3) is 0 Å². The fourth-order valence-corrected chi connectivity index (χ4v) is 5.45. The molecule has 8 heteroatoms. The summed E-state index contributed by atoms with van der Waals surface area (Å²) in [7, 11) is -1.13. The number of anilines is 3. The molecule has 6 nitrogen and oxygen atoms in total. The molecule has 4 heterocycles. The van der Waals surface area contributed by atoms with Gasteiger partial charge < -0.3 is 10.2 Å². The lowest BCUT2D eigenvalue weighted by atomic mass is 9.94. The van der Waals surface area contributed by atoms with Crippen molar-refractivity contribution in [3.63, 3.8) is 0 Å². The van der Waals surface area contributed by atoms with Crippen LogP contribution in [0.1, 0.15) is 25.0 Å². The van der Waals surface area contributed by atoms with Gasteiger partial charge in [0, 0.05) is 55.2 Å². The van der Waals surface area contributed by atoms with Crippen LogP contribution in [0.2, 0.25) is 0 Å². The Bertz CT molecular complexity index is 1030. The Morgan fingerprint density at radius 2 is 2.07 bits per heavy atom. The number of benzene rings is 1. The number of allylic oxidation sites excluding steroid dienone is 2. The van der Waals surface area contributed by atoms with Gasteiger partial charge in [0.15, 0.2) is 5.82 Å². The van der Waals surface area contributed by atoms with Gasteiger partial charge in [-0.15, -0.1) is 0 Å². The van der Waals surface area contributed by atoms with E-state index in [9.17, 15) is 8.60 Å². The smallest absolute Gasteiger partial charge is 0.227 e. The number of rotatable bonds is 4. The molecule has 5 rings (SSSR count). The Morgan fingerprint density at radius 3 is 2.83 bits per heavy atom. The first-order valence-electron chi connectivity index (χ1n) is 9.97. The summed E-state index contributed by atoms with van der Waals surface area (Å²) in [4.78, 5) is 16.8. The Balaban J connectivity index is 1.41. The summed E-state index contributed by atoms with van der Waals surface area (Å²) < 4.78 is 26.1. The lowest BCUT2D eigenvalue weighted by molar-refractivity contribution is 0.451. The molecule has 3 aliphatic rings. The molecule has 0 radical (unpaired) electrons. The number of aryl methyl sites for hydroxylation is 1. The van der Waals surface area contributed by atoms with Gasteiger partial charge in [-0.25, -0.2) is 9.37 Å². The van der Waals surface area contributed by atoms with Gasteiger partial charge in [0.05, 0.1) is 16.5 Å². The molecule has 0 amide bonds. The number of hydrogen-bond acceptors (Lipinski definition) is 6. The summed E-state index contributed by atoms with van der Waals surface area (Å²) in [6, 6.07) is 6.22. The highest BCUT2D eigenvalue weighted by atomic mass is 32.2. The number of piperidine rings is 1. The maximum absolute atomic E-state index is 13.6. The van der Waals surface area contributed by atoms with E-state index in [1.165, 1.54) is 17.8 Å². The predicted octanol–water partition coefficient (Wildman–Crippen LogP) is 3.60. The number of halogens is 1. The third-order valence-electron chi connectivity index (χ3n) is 5.63. The van der Waals surface area contributed by atoms with E-state index < -0.39 is 10.8 Å². The van der Waals surface area contributed by atoms with Crippen molar-refractivity contribution in [1.29, 1.82) is 0 Å². The highest BCUT2D eigenvalue weighted by Gasteiger charge is 2.29. The van der Waals surface area contributed by atoms with E-state index in [-0.39, 0.29) is 5.82 Å². The molecule has 1 unspecified atom stereocenters. The molecular formula is C21H22FN5OS. The molecule has 1 atom stereocenters. The number of fused-ring (bicyclic) bond motifs is 1. The second-order valence-electron chi connectivity index (χ2n) is 7.52. The molecule has 2 aromatic rings. The minimum atomic E-state index is -1.13. The number of hydrogen-bond donors (Lipinski definition) is 1. The molecule has 3 aliphatic heterocycles. The zero-order chi connectivity index (χ0) is 19.8. The van der Waals surface area contributed by atoms with Crippen LogP contribution in [-0.4, -0.2) is 39.2 Å². The lowest BCUT2D eigenvalue weighted by Gasteiger charge is -2.32. The average molecular weight is 412 g/mol. The largest absolute Gasteiger partial charge is 0.341 e. The molecular weight excluding hydrogens is 389 g/mol. The normalized spacial score (nSPS) is 21.3. The van der Waals surface area contributed by atoms with Gasteiger partial charge in [0.25, 0.3) is 0 Å². The Kier molecular flexibility index (Phi) is 4.87. The quantitative estimate of drug-likeness (QED) is 0.833. The fraction of sp³-hybridized carbons (Fsp3) is 0.381. The first-order valence-corrected chi connectivity index (χ1v) is 11.3. The highest BCUT2D eigenvalue weighted by molar-refractivity contribution is 7.85. The van der Waals surface area contributed by atoms with E-state index in [1.54, 1.807) is 12.1 Å². The van der Waals surface area contributed by atoms with E-state index in [0.29, 0.717) is 40.4 Å². The molecule has 0 aliphatic carbocycles. The minimum absolute atomic E-state index is 0.326. The number of nitrogens with one attached hydrogen (secondary N) is 1. The SMILES string of the molecule is O=S1CCc2nc(N3CCC(C4=CCC=N4)CC3)nc(Nc3cccc(F)c3)c21. The van der Waals surface area contributed by atoms with Gasteiger partial charge in [0.2, 0.25) is 5.95 Å². The van der Waals surface area contributed by atoms with E-state index >= 15 is 0 Å². The van der Waals surface area contributed by atoms with Gasteiger partial charge in [-0.1, -0.05) is 12.1 Å². The van der Waals surface area contributed by atoms with Crippen molar-refractivity contribution in [3.8, 4) is 0 Å². The molecule has 1 N–H and O–H groups in total. The zero-order valence-corrected chi connectivity index (χ0v) is 16.8. The van der Waals surface area contributed by atoms with Crippen LogP contribution < -0.4 is 10.2 Å². The number of nitrogens with zero attached hydrogens (tertiary/aromatic N) is 4. The topological polar surface area (TPSA) is 70.5 Å². The zero-order valence-electron chi connectivity index (χ0n) is 16.0. The second-order valence-corrected chi connectivity index (χ2v) is 9.03. The first-order chi connectivity index (χ1) is 14.2. The van der Waals surface area contributed by atoms with Gasteiger partial charge >= 0.3 is 0 Å². The highest BCUT2D eigenvalue weighted by Crippen LogP contribution is 2.34. The van der Waals surface area contributed by atoms with E-state index in [4.69, 9.17) is 9.97 Å². The molecule has 0 spiro atoms. The van der Waals surface area contributed by atoms with Crippen molar-refractivity contribution in [1.82, 2.24) is 9.97 Å². The fourth-order valence-electron chi connectivity index (χ4n) is 4.14.